The predicted octanol–water partition coefficient (Wildman–Crippen LogP) is 9.90. The summed E-state index contributed by atoms with van der Waals surface area (Å²) >= 11 is 0. The van der Waals surface area contributed by atoms with Gasteiger partial charge in [0.25, 0.3) is 0 Å². The molecule has 0 saturated heterocycles. The molecule has 1 aliphatic rings. The number of hydrogen-bond acceptors (Lipinski definition) is 3. The van der Waals surface area contributed by atoms with Gasteiger partial charge in [0.05, 0.1) is 13.7 Å². The maximum absolute atomic E-state index is 6.37. The molecule has 3 heterocycles. The zero-order chi connectivity index (χ0) is 29.1. The van der Waals surface area contributed by atoms with Gasteiger partial charge in [-0.15, -0.1) is 54.1 Å². The molecule has 1 fully saturated rings. The molecule has 0 aliphatic heterocycles. The van der Waals surface area contributed by atoms with Crippen LogP contribution in [0.2, 0.25) is 19.6 Å². The quantitative estimate of drug-likeness (QED) is 0.133. The van der Waals surface area contributed by atoms with Crippen LogP contribution in [0.3, 0.4) is 0 Å². The zero-order valence-electron chi connectivity index (χ0n) is 25.4. The molecular weight excluding hydrogens is 721 g/mol. The first-order valence-corrected chi connectivity index (χ1v) is 18.6. The van der Waals surface area contributed by atoms with Crippen molar-refractivity contribution in [3.63, 3.8) is 0 Å². The first kappa shape index (κ1) is 31.1. The predicted molar refractivity (Wildman–Crippen MR) is 178 cm³/mol. The summed E-state index contributed by atoms with van der Waals surface area (Å²) in [6, 6.07) is 33.7. The minimum atomic E-state index is -1.38. The largest absolute Gasteiger partial charge is 0.501 e. The molecule has 0 N–H and O–H groups in total. The van der Waals surface area contributed by atoms with E-state index < -0.39 is 8.07 Å². The van der Waals surface area contributed by atoms with Crippen molar-refractivity contribution in [1.29, 1.82) is 0 Å². The number of furan rings is 1. The molecule has 43 heavy (non-hydrogen) atoms. The Labute approximate surface area is 270 Å². The molecule has 3 aromatic carbocycles. The molecule has 5 heteroatoms. The molecule has 1 aliphatic carbocycles. The standard InChI is InChI=1S/C26H28NOSi.C12H10N.Ir/c1-29(2,3)20-13-14-21-22-10-7-11-23(26(22)28-25(21)16-20)24-15-12-19(17-27-24)18-8-5-4-6-9-18;1-10-7-8-12(13-9-10)11-5-3-2-4-6-11;/h7,10,12-18H,4-6,8-9H2,1-3H3;2-5,7-9H,1H3;/q2*-1;. The Morgan fingerprint density at radius 3 is 2.23 bits per heavy atom. The minimum Gasteiger partial charge on any atom is -0.501 e. The average molecular weight is 759 g/mol. The van der Waals surface area contributed by atoms with E-state index in [0.29, 0.717) is 5.92 Å². The molecule has 6 aromatic rings. The summed E-state index contributed by atoms with van der Waals surface area (Å²) in [4.78, 5) is 9.13. The number of benzene rings is 3. The Kier molecular flexibility index (Phi) is 9.76. The van der Waals surface area contributed by atoms with E-state index in [9.17, 15) is 0 Å². The van der Waals surface area contributed by atoms with Crippen molar-refractivity contribution in [2.24, 2.45) is 0 Å². The van der Waals surface area contributed by atoms with Crippen LogP contribution in [0.4, 0.5) is 0 Å². The second kappa shape index (κ2) is 13.5. The Balaban J connectivity index is 0.000000221. The fourth-order valence-corrected chi connectivity index (χ4v) is 6.96. The van der Waals surface area contributed by atoms with E-state index in [4.69, 9.17) is 9.40 Å². The van der Waals surface area contributed by atoms with Gasteiger partial charge in [-0.25, -0.2) is 0 Å². The molecule has 0 amide bonds. The van der Waals surface area contributed by atoms with Gasteiger partial charge in [0.15, 0.2) is 0 Å². The molecule has 3 nitrogen and oxygen atoms in total. The van der Waals surface area contributed by atoms with Crippen molar-refractivity contribution < 1.29 is 24.5 Å². The van der Waals surface area contributed by atoms with Crippen molar-refractivity contribution in [2.45, 2.75) is 64.6 Å². The van der Waals surface area contributed by atoms with Crippen LogP contribution in [0, 0.1) is 19.1 Å². The molecule has 1 radical (unpaired) electrons. The second-order valence-electron chi connectivity index (χ2n) is 12.5. The monoisotopic (exact) mass is 759 g/mol. The third-order valence-corrected chi connectivity index (χ3v) is 10.4. The molecule has 221 valence electrons. The SMILES string of the molecule is C[Si](C)(C)c1ccc2c(c1)oc1c(-c3ccc(C4CCCCC4)cn3)[c-]ccc12.Cc1ccc(-c2[c-]cccc2)nc1.[Ir]. The van der Waals surface area contributed by atoms with E-state index in [2.05, 4.69) is 85.4 Å². The maximum Gasteiger partial charge on any atom is 0.120 e. The van der Waals surface area contributed by atoms with E-state index in [1.54, 1.807) is 0 Å². The van der Waals surface area contributed by atoms with Gasteiger partial charge in [-0.2, -0.15) is 0 Å². The van der Waals surface area contributed by atoms with Crippen LogP contribution in [0.15, 0.2) is 95.7 Å². The Morgan fingerprint density at radius 2 is 1.56 bits per heavy atom. The number of pyridine rings is 2. The van der Waals surface area contributed by atoms with Crippen LogP contribution < -0.4 is 5.19 Å². The van der Waals surface area contributed by atoms with E-state index in [-0.39, 0.29) is 20.1 Å². The Bertz CT molecular complexity index is 1780. The van der Waals surface area contributed by atoms with Crippen LogP contribution in [0.1, 0.15) is 49.1 Å². The summed E-state index contributed by atoms with van der Waals surface area (Å²) in [6.45, 7) is 9.14. The van der Waals surface area contributed by atoms with Crippen molar-refractivity contribution in [1.82, 2.24) is 9.97 Å². The third-order valence-electron chi connectivity index (χ3n) is 8.31. The van der Waals surface area contributed by atoms with Crippen molar-refractivity contribution >= 4 is 35.2 Å². The van der Waals surface area contributed by atoms with Crippen molar-refractivity contribution in [3.8, 4) is 22.5 Å². The van der Waals surface area contributed by atoms with Crippen LogP contribution in [0.25, 0.3) is 44.5 Å². The van der Waals surface area contributed by atoms with Gasteiger partial charge in [-0.3, -0.25) is 0 Å². The first-order valence-electron chi connectivity index (χ1n) is 15.1. The van der Waals surface area contributed by atoms with Crippen molar-refractivity contribution in [2.75, 3.05) is 0 Å². The molecule has 0 atom stereocenters. The van der Waals surface area contributed by atoms with Crippen LogP contribution in [0.5, 0.6) is 0 Å². The van der Waals surface area contributed by atoms with Gasteiger partial charge < -0.3 is 14.4 Å². The van der Waals surface area contributed by atoms with Crippen molar-refractivity contribution in [3.05, 3.63) is 115 Å². The average Bonchev–Trinajstić information content (AvgIpc) is 3.41. The number of aryl methyl sites for hydroxylation is 1. The summed E-state index contributed by atoms with van der Waals surface area (Å²) < 4.78 is 6.37. The summed E-state index contributed by atoms with van der Waals surface area (Å²) in [5, 5.41) is 3.75. The van der Waals surface area contributed by atoms with Gasteiger partial charge in [0.2, 0.25) is 0 Å². The van der Waals surface area contributed by atoms with Gasteiger partial charge in [-0.1, -0.05) is 91.4 Å². The number of fused-ring (bicyclic) bond motifs is 3. The fraction of sp³-hybridized carbons (Fsp3) is 0.263. The molecule has 3 aromatic heterocycles. The fourth-order valence-electron chi connectivity index (χ4n) is 5.81. The zero-order valence-corrected chi connectivity index (χ0v) is 28.8. The number of hydrogen-bond donors (Lipinski definition) is 0. The van der Waals surface area contributed by atoms with E-state index in [1.807, 2.05) is 49.5 Å². The van der Waals surface area contributed by atoms with Crippen LogP contribution in [-0.4, -0.2) is 18.0 Å². The maximum atomic E-state index is 6.37. The minimum absolute atomic E-state index is 0. The molecule has 1 saturated carbocycles. The second-order valence-corrected chi connectivity index (χ2v) is 17.5. The van der Waals surface area contributed by atoms with Crippen LogP contribution in [-0.2, 0) is 20.1 Å². The summed E-state index contributed by atoms with van der Waals surface area (Å²) in [5.41, 5.74) is 8.36. The van der Waals surface area contributed by atoms with E-state index in [1.165, 1.54) is 53.8 Å². The first-order chi connectivity index (χ1) is 20.4. The molecule has 0 unspecified atom stereocenters. The number of aromatic nitrogens is 2. The van der Waals surface area contributed by atoms with Gasteiger partial charge >= 0.3 is 0 Å². The van der Waals surface area contributed by atoms with E-state index in [0.717, 1.165) is 39.1 Å². The molecule has 0 bridgehead atoms. The van der Waals surface area contributed by atoms with Crippen LogP contribution >= 0.6 is 0 Å². The topological polar surface area (TPSA) is 38.9 Å². The van der Waals surface area contributed by atoms with Gasteiger partial charge in [0.1, 0.15) is 5.58 Å². The van der Waals surface area contributed by atoms with E-state index >= 15 is 0 Å². The smallest absolute Gasteiger partial charge is 0.120 e. The molecule has 0 spiro atoms. The van der Waals surface area contributed by atoms with Gasteiger partial charge in [-0.05, 0) is 54.3 Å². The normalized spacial score (nSPS) is 13.8. The Hall–Kier alpha value is -3.37. The Morgan fingerprint density at radius 1 is 0.767 bits per heavy atom. The summed E-state index contributed by atoms with van der Waals surface area (Å²) in [7, 11) is -1.38. The molecular formula is C38H38IrN2OSi-2. The summed E-state index contributed by atoms with van der Waals surface area (Å²) in [5.74, 6) is 0.677. The van der Waals surface area contributed by atoms with Gasteiger partial charge in [0, 0.05) is 37.9 Å². The number of rotatable bonds is 4. The molecule has 7 rings (SSSR count). The summed E-state index contributed by atoms with van der Waals surface area (Å²) in [6.07, 6.45) is 10.6. The number of nitrogens with zero attached hydrogens (tertiary/aromatic N) is 2. The third kappa shape index (κ3) is 7.07.